The van der Waals surface area contributed by atoms with Crippen LogP contribution < -0.4 is 15.8 Å². The van der Waals surface area contributed by atoms with Crippen LogP contribution in [0.15, 0.2) is 34.9 Å². The Morgan fingerprint density at radius 1 is 1.14 bits per heavy atom. The lowest BCUT2D eigenvalue weighted by Gasteiger charge is -2.25. The van der Waals surface area contributed by atoms with Crippen LogP contribution >= 0.6 is 11.3 Å². The maximum absolute atomic E-state index is 12.6. The summed E-state index contributed by atoms with van der Waals surface area (Å²) in [6.45, 7) is 8.96. The Balaban J connectivity index is 1.24. The van der Waals surface area contributed by atoms with Crippen molar-refractivity contribution in [1.29, 1.82) is 0 Å². The zero-order valence-corrected chi connectivity index (χ0v) is 21.1. The van der Waals surface area contributed by atoms with E-state index in [2.05, 4.69) is 51.7 Å². The van der Waals surface area contributed by atoms with Crippen LogP contribution in [0.1, 0.15) is 47.1 Å². The number of rotatable bonds is 8. The van der Waals surface area contributed by atoms with Gasteiger partial charge in [0, 0.05) is 31.5 Å². The first kappa shape index (κ1) is 24.9. The van der Waals surface area contributed by atoms with Crippen molar-refractivity contribution in [2.24, 2.45) is 5.92 Å². The zero-order chi connectivity index (χ0) is 24.8. The molecule has 1 aromatic carbocycles. The molecule has 10 heteroatoms. The summed E-state index contributed by atoms with van der Waals surface area (Å²) < 4.78 is 11.2. The van der Waals surface area contributed by atoms with Gasteiger partial charge < -0.3 is 14.1 Å². The Kier molecular flexibility index (Phi) is 8.14. The molecule has 2 N–H and O–H groups in total. The third-order valence-electron chi connectivity index (χ3n) is 5.59. The van der Waals surface area contributed by atoms with E-state index in [1.54, 1.807) is 13.1 Å². The fraction of sp³-hybridized carbons (Fsp3) is 0.440. The van der Waals surface area contributed by atoms with Gasteiger partial charge in [-0.2, -0.15) is 0 Å². The van der Waals surface area contributed by atoms with E-state index < -0.39 is 0 Å². The van der Waals surface area contributed by atoms with Gasteiger partial charge in [0.05, 0.1) is 25.1 Å². The molecule has 0 bridgehead atoms. The van der Waals surface area contributed by atoms with Gasteiger partial charge >= 0.3 is 0 Å². The van der Waals surface area contributed by atoms with Crippen LogP contribution in [0.5, 0.6) is 0 Å². The van der Waals surface area contributed by atoms with E-state index in [0.29, 0.717) is 47.8 Å². The summed E-state index contributed by atoms with van der Waals surface area (Å²) in [5.41, 5.74) is 7.81. The van der Waals surface area contributed by atoms with Crippen molar-refractivity contribution in [3.8, 4) is 11.3 Å². The number of anilines is 1. The number of hydrogen-bond donors (Lipinski definition) is 2. The molecule has 1 fully saturated rings. The van der Waals surface area contributed by atoms with Crippen molar-refractivity contribution >= 4 is 28.3 Å². The number of carbonyl (C=O) groups is 2. The monoisotopic (exact) mass is 497 g/mol. The highest BCUT2D eigenvalue weighted by molar-refractivity contribution is 7.17. The van der Waals surface area contributed by atoms with Gasteiger partial charge in [-0.3, -0.25) is 20.4 Å². The maximum Gasteiger partial charge on any atom is 0.281 e. The smallest absolute Gasteiger partial charge is 0.281 e. The van der Waals surface area contributed by atoms with E-state index in [1.807, 2.05) is 12.1 Å². The molecular formula is C25H31N5O4S. The predicted molar refractivity (Wildman–Crippen MR) is 134 cm³/mol. The number of amides is 2. The molecule has 4 rings (SSSR count). The number of oxazole rings is 1. The topological polar surface area (TPSA) is 110 Å². The maximum atomic E-state index is 12.6. The van der Waals surface area contributed by atoms with Gasteiger partial charge in [-0.15, -0.1) is 0 Å². The Hall–Kier alpha value is -3.24. The number of hydrazine groups is 1. The fourth-order valence-electron chi connectivity index (χ4n) is 3.78. The Labute approximate surface area is 208 Å². The molecule has 0 spiro atoms. The molecule has 1 aliphatic rings. The minimum absolute atomic E-state index is 0.133. The fourth-order valence-corrected chi connectivity index (χ4v) is 4.80. The molecule has 186 valence electrons. The zero-order valence-electron chi connectivity index (χ0n) is 20.3. The second kappa shape index (κ2) is 11.5. The number of nitrogens with zero attached hydrogens (tertiary/aromatic N) is 3. The molecule has 35 heavy (non-hydrogen) atoms. The average molecular weight is 498 g/mol. The number of ether oxygens (including phenoxy) is 1. The van der Waals surface area contributed by atoms with Gasteiger partial charge in [-0.1, -0.05) is 49.4 Å². The molecule has 0 aliphatic carbocycles. The first-order chi connectivity index (χ1) is 16.9. The van der Waals surface area contributed by atoms with Gasteiger partial charge in [-0.25, -0.2) is 9.97 Å². The highest BCUT2D eigenvalue weighted by Crippen LogP contribution is 2.26. The van der Waals surface area contributed by atoms with Gasteiger partial charge in [0.15, 0.2) is 16.8 Å². The molecule has 0 atom stereocenters. The number of benzene rings is 1. The van der Waals surface area contributed by atoms with E-state index >= 15 is 0 Å². The van der Waals surface area contributed by atoms with Crippen LogP contribution in [0.2, 0.25) is 0 Å². The lowest BCUT2D eigenvalue weighted by Crippen LogP contribution is -2.41. The van der Waals surface area contributed by atoms with E-state index in [0.717, 1.165) is 30.2 Å². The van der Waals surface area contributed by atoms with Crippen LogP contribution in [0.25, 0.3) is 11.3 Å². The van der Waals surface area contributed by atoms with Gasteiger partial charge in [0.1, 0.15) is 4.88 Å². The lowest BCUT2D eigenvalue weighted by molar-refractivity contribution is -0.121. The second-order valence-corrected chi connectivity index (χ2v) is 9.90. The van der Waals surface area contributed by atoms with Crippen molar-refractivity contribution in [1.82, 2.24) is 20.8 Å². The van der Waals surface area contributed by atoms with Gasteiger partial charge in [0.2, 0.25) is 5.91 Å². The third kappa shape index (κ3) is 6.67. The van der Waals surface area contributed by atoms with E-state index in [4.69, 9.17) is 9.15 Å². The molecule has 2 amide bonds. The first-order valence-electron chi connectivity index (χ1n) is 11.8. The summed E-state index contributed by atoms with van der Waals surface area (Å²) >= 11 is 1.31. The van der Waals surface area contributed by atoms with Gasteiger partial charge in [-0.05, 0) is 24.8 Å². The largest absolute Gasteiger partial charge is 0.441 e. The molecule has 1 saturated heterocycles. The predicted octanol–water partition coefficient (Wildman–Crippen LogP) is 3.54. The lowest BCUT2D eigenvalue weighted by atomic mass is 10.0. The SMILES string of the molecule is Cc1nc(N2CCOCC2)sc1C(=O)NNC(=O)CCc1ncc(-c2ccc(CC(C)C)cc2)o1. The molecule has 9 nitrogen and oxygen atoms in total. The third-order valence-corrected chi connectivity index (χ3v) is 6.81. The van der Waals surface area contributed by atoms with E-state index in [-0.39, 0.29) is 18.2 Å². The molecule has 0 unspecified atom stereocenters. The van der Waals surface area contributed by atoms with E-state index in [1.165, 1.54) is 16.9 Å². The van der Waals surface area contributed by atoms with Crippen molar-refractivity contribution in [3.63, 3.8) is 0 Å². The summed E-state index contributed by atoms with van der Waals surface area (Å²) in [7, 11) is 0. The number of aromatic nitrogens is 2. The molecule has 3 aromatic rings. The minimum atomic E-state index is -0.382. The average Bonchev–Trinajstić information content (AvgIpc) is 3.49. The molecular weight excluding hydrogens is 466 g/mol. The van der Waals surface area contributed by atoms with Crippen LogP contribution in [0.4, 0.5) is 5.13 Å². The Morgan fingerprint density at radius 2 is 1.89 bits per heavy atom. The van der Waals surface area contributed by atoms with Crippen molar-refractivity contribution in [2.45, 2.75) is 40.0 Å². The Morgan fingerprint density at radius 3 is 2.60 bits per heavy atom. The summed E-state index contributed by atoms with van der Waals surface area (Å²) in [6.07, 6.45) is 3.17. The highest BCUT2D eigenvalue weighted by atomic mass is 32.1. The summed E-state index contributed by atoms with van der Waals surface area (Å²) in [5.74, 6) is 1.04. The van der Waals surface area contributed by atoms with Crippen LogP contribution in [-0.2, 0) is 22.4 Å². The molecule has 1 aliphatic heterocycles. The Bertz CT molecular complexity index is 1150. The first-order valence-corrected chi connectivity index (χ1v) is 12.6. The number of aryl methyl sites for hydroxylation is 2. The van der Waals surface area contributed by atoms with Crippen LogP contribution in [-0.4, -0.2) is 48.1 Å². The summed E-state index contributed by atoms with van der Waals surface area (Å²) in [6, 6.07) is 8.25. The number of carbonyl (C=O) groups excluding carboxylic acids is 2. The summed E-state index contributed by atoms with van der Waals surface area (Å²) in [4.78, 5) is 36.2. The standard InChI is InChI=1S/C25H31N5O4S/c1-16(2)14-18-4-6-19(7-5-18)20-15-26-22(34-20)9-8-21(31)28-29-24(32)23-17(3)27-25(35-23)30-10-12-33-13-11-30/h4-7,15-16H,8-14H2,1-3H3,(H,28,31)(H,29,32). The number of nitrogens with one attached hydrogen (secondary N) is 2. The number of hydrogen-bond acceptors (Lipinski definition) is 8. The molecule has 3 heterocycles. The van der Waals surface area contributed by atoms with Crippen molar-refractivity contribution in [2.75, 3.05) is 31.2 Å². The quantitative estimate of drug-likeness (QED) is 0.458. The van der Waals surface area contributed by atoms with Crippen molar-refractivity contribution < 1.29 is 18.7 Å². The number of morpholine rings is 1. The molecule has 2 aromatic heterocycles. The van der Waals surface area contributed by atoms with E-state index in [9.17, 15) is 9.59 Å². The van der Waals surface area contributed by atoms with Crippen LogP contribution in [0, 0.1) is 12.8 Å². The highest BCUT2D eigenvalue weighted by Gasteiger charge is 2.21. The minimum Gasteiger partial charge on any atom is -0.441 e. The molecule has 0 radical (unpaired) electrons. The summed E-state index contributed by atoms with van der Waals surface area (Å²) in [5, 5.41) is 0.788. The molecule has 0 saturated carbocycles. The van der Waals surface area contributed by atoms with Gasteiger partial charge in [0.25, 0.3) is 5.91 Å². The van der Waals surface area contributed by atoms with Crippen molar-refractivity contribution in [3.05, 3.63) is 52.5 Å². The normalized spacial score (nSPS) is 13.8. The van der Waals surface area contributed by atoms with Crippen LogP contribution in [0.3, 0.4) is 0 Å². The number of thiazole rings is 1. The second-order valence-electron chi connectivity index (χ2n) is 8.93.